The summed E-state index contributed by atoms with van der Waals surface area (Å²) in [6, 6.07) is 11.0. The lowest BCUT2D eigenvalue weighted by molar-refractivity contribution is 0.262. The van der Waals surface area contributed by atoms with E-state index in [1.54, 1.807) is 19.2 Å². The SMILES string of the molecule is C=Nc1c2c(n(-c3ccc(NC(=O)Nc4ccc(F)c(OC)c4)cc3)c1/C(N)=N\C)CCC2. The summed E-state index contributed by atoms with van der Waals surface area (Å²) < 4.78 is 20.6. The van der Waals surface area contributed by atoms with Crippen molar-refractivity contribution in [3.05, 3.63) is 65.2 Å². The highest BCUT2D eigenvalue weighted by Crippen LogP contribution is 2.39. The molecule has 0 unspecified atom stereocenters. The van der Waals surface area contributed by atoms with Crippen molar-refractivity contribution in [1.82, 2.24) is 4.57 Å². The predicted molar refractivity (Wildman–Crippen MR) is 129 cm³/mol. The van der Waals surface area contributed by atoms with E-state index in [2.05, 4.69) is 31.9 Å². The lowest BCUT2D eigenvalue weighted by Crippen LogP contribution is -2.20. The number of hydrogen-bond donors (Lipinski definition) is 3. The van der Waals surface area contributed by atoms with Crippen LogP contribution in [0.2, 0.25) is 0 Å². The maximum atomic E-state index is 13.6. The molecule has 4 N–H and O–H groups in total. The first-order valence-electron chi connectivity index (χ1n) is 10.4. The van der Waals surface area contributed by atoms with Crippen LogP contribution in [0.4, 0.5) is 26.2 Å². The molecule has 0 saturated heterocycles. The molecular weight excluding hydrogens is 423 g/mol. The van der Waals surface area contributed by atoms with Gasteiger partial charge in [0, 0.05) is 35.9 Å². The number of rotatable bonds is 6. The standard InChI is InChI=1S/C24H25FN6O2/c1-27-21-17-5-4-6-19(17)31(22(21)23(26)28-2)16-10-7-14(8-11-16)29-24(32)30-15-9-12-18(25)20(13-15)33-3/h7-13H,1,4-6H2,2-3H3,(H2,26,28)(H2,29,30,32). The van der Waals surface area contributed by atoms with Crippen LogP contribution < -0.4 is 21.1 Å². The summed E-state index contributed by atoms with van der Waals surface area (Å²) in [7, 11) is 3.01. The number of ether oxygens (including phenoxy) is 1. The summed E-state index contributed by atoms with van der Waals surface area (Å²) in [6.07, 6.45) is 2.89. The third-order valence-electron chi connectivity index (χ3n) is 5.63. The second kappa shape index (κ2) is 9.15. The van der Waals surface area contributed by atoms with E-state index in [1.165, 1.54) is 25.3 Å². The van der Waals surface area contributed by atoms with Gasteiger partial charge in [0.1, 0.15) is 11.5 Å². The molecule has 0 saturated carbocycles. The molecule has 9 heteroatoms. The molecule has 4 rings (SSSR count). The third-order valence-corrected chi connectivity index (χ3v) is 5.63. The van der Waals surface area contributed by atoms with Gasteiger partial charge in [0.05, 0.1) is 12.8 Å². The maximum Gasteiger partial charge on any atom is 0.323 e. The quantitative estimate of drug-likeness (QED) is 0.384. The highest BCUT2D eigenvalue weighted by molar-refractivity contribution is 6.03. The summed E-state index contributed by atoms with van der Waals surface area (Å²) in [5.41, 5.74) is 11.9. The molecule has 2 amide bonds. The average molecular weight is 449 g/mol. The molecular formula is C24H25FN6O2. The fourth-order valence-electron chi connectivity index (χ4n) is 4.14. The van der Waals surface area contributed by atoms with E-state index in [4.69, 9.17) is 10.5 Å². The number of aromatic nitrogens is 1. The summed E-state index contributed by atoms with van der Waals surface area (Å²) >= 11 is 0. The monoisotopic (exact) mass is 448 g/mol. The summed E-state index contributed by atoms with van der Waals surface area (Å²) in [5.74, 6) is -0.0583. The molecule has 1 heterocycles. The number of fused-ring (bicyclic) bond motifs is 1. The Morgan fingerprint density at radius 1 is 1.15 bits per heavy atom. The van der Waals surface area contributed by atoms with Crippen LogP contribution in [-0.4, -0.2) is 37.3 Å². The Balaban J connectivity index is 1.57. The van der Waals surface area contributed by atoms with Gasteiger partial charge in [-0.3, -0.25) is 9.98 Å². The first-order chi connectivity index (χ1) is 16.0. The first kappa shape index (κ1) is 22.1. The lowest BCUT2D eigenvalue weighted by atomic mass is 10.2. The molecule has 0 spiro atoms. The van der Waals surface area contributed by atoms with Gasteiger partial charge in [-0.1, -0.05) is 0 Å². The smallest absolute Gasteiger partial charge is 0.323 e. The number of urea groups is 1. The maximum absolute atomic E-state index is 13.6. The number of hydrogen-bond acceptors (Lipinski definition) is 4. The van der Waals surface area contributed by atoms with E-state index in [0.29, 0.717) is 17.2 Å². The van der Waals surface area contributed by atoms with Crippen LogP contribution in [0, 0.1) is 5.82 Å². The van der Waals surface area contributed by atoms with Crippen molar-refractivity contribution in [2.45, 2.75) is 19.3 Å². The lowest BCUT2D eigenvalue weighted by Gasteiger charge is -2.14. The van der Waals surface area contributed by atoms with Gasteiger partial charge in [-0.2, -0.15) is 0 Å². The number of nitrogens with one attached hydrogen (secondary N) is 2. The van der Waals surface area contributed by atoms with Crippen LogP contribution >= 0.6 is 0 Å². The number of anilines is 2. The van der Waals surface area contributed by atoms with Gasteiger partial charge in [-0.05, 0) is 67.9 Å². The fraction of sp³-hybridized carbons (Fsp3) is 0.208. The van der Waals surface area contributed by atoms with Crippen molar-refractivity contribution in [2.24, 2.45) is 15.7 Å². The van der Waals surface area contributed by atoms with E-state index in [0.717, 1.165) is 47.6 Å². The van der Waals surface area contributed by atoms with Crippen molar-refractivity contribution in [3.63, 3.8) is 0 Å². The van der Waals surface area contributed by atoms with Crippen molar-refractivity contribution in [2.75, 3.05) is 24.8 Å². The third kappa shape index (κ3) is 4.17. The number of nitrogens with two attached hydrogens (primary N) is 1. The second-order valence-corrected chi connectivity index (χ2v) is 7.55. The Labute approximate surface area is 191 Å². The number of nitrogens with zero attached hydrogens (tertiary/aromatic N) is 3. The zero-order chi connectivity index (χ0) is 23.5. The number of methoxy groups -OCH3 is 1. The van der Waals surface area contributed by atoms with E-state index in [-0.39, 0.29) is 5.75 Å². The summed E-state index contributed by atoms with van der Waals surface area (Å²) in [6.45, 7) is 3.73. The fourth-order valence-corrected chi connectivity index (χ4v) is 4.14. The van der Waals surface area contributed by atoms with Crippen LogP contribution in [0.5, 0.6) is 5.75 Å². The molecule has 3 aromatic rings. The average Bonchev–Trinajstić information content (AvgIpc) is 3.40. The Morgan fingerprint density at radius 2 is 1.85 bits per heavy atom. The summed E-state index contributed by atoms with van der Waals surface area (Å²) in [4.78, 5) is 20.8. The molecule has 33 heavy (non-hydrogen) atoms. The molecule has 0 radical (unpaired) electrons. The minimum atomic E-state index is -0.501. The van der Waals surface area contributed by atoms with Crippen LogP contribution in [0.3, 0.4) is 0 Å². The molecule has 1 aliphatic carbocycles. The highest BCUT2D eigenvalue weighted by atomic mass is 19.1. The van der Waals surface area contributed by atoms with Crippen LogP contribution in [0.15, 0.2) is 52.4 Å². The molecule has 0 bridgehead atoms. The van der Waals surface area contributed by atoms with Crippen LogP contribution in [-0.2, 0) is 12.8 Å². The molecule has 8 nitrogen and oxygen atoms in total. The Morgan fingerprint density at radius 3 is 2.52 bits per heavy atom. The molecule has 0 fully saturated rings. The van der Waals surface area contributed by atoms with Crippen LogP contribution in [0.25, 0.3) is 5.69 Å². The minimum absolute atomic E-state index is 0.0514. The number of carbonyl (C=O) groups excluding carboxylic acids is 1. The first-order valence-corrected chi connectivity index (χ1v) is 10.4. The Hall–Kier alpha value is -4.14. The molecule has 170 valence electrons. The largest absolute Gasteiger partial charge is 0.494 e. The normalized spacial score (nSPS) is 12.9. The number of halogens is 1. The zero-order valence-electron chi connectivity index (χ0n) is 18.5. The van der Waals surface area contributed by atoms with Gasteiger partial charge in [-0.25, -0.2) is 9.18 Å². The van der Waals surface area contributed by atoms with Gasteiger partial charge in [0.25, 0.3) is 0 Å². The zero-order valence-corrected chi connectivity index (χ0v) is 18.5. The van der Waals surface area contributed by atoms with Gasteiger partial charge < -0.3 is 25.7 Å². The second-order valence-electron chi connectivity index (χ2n) is 7.55. The van der Waals surface area contributed by atoms with E-state index in [1.807, 2.05) is 12.1 Å². The van der Waals surface area contributed by atoms with Gasteiger partial charge in [0.2, 0.25) is 0 Å². The van der Waals surface area contributed by atoms with E-state index in [9.17, 15) is 9.18 Å². The summed E-state index contributed by atoms with van der Waals surface area (Å²) in [5, 5.41) is 5.43. The van der Waals surface area contributed by atoms with Crippen LogP contribution in [0.1, 0.15) is 23.4 Å². The van der Waals surface area contributed by atoms with Gasteiger partial charge in [-0.15, -0.1) is 0 Å². The number of amides is 2. The van der Waals surface area contributed by atoms with Crippen molar-refractivity contribution in [3.8, 4) is 11.4 Å². The highest BCUT2D eigenvalue weighted by Gasteiger charge is 2.28. The van der Waals surface area contributed by atoms with E-state index < -0.39 is 11.8 Å². The number of amidine groups is 1. The van der Waals surface area contributed by atoms with Gasteiger partial charge >= 0.3 is 6.03 Å². The Bertz CT molecular complexity index is 1250. The number of aliphatic imine (C=N–C) groups is 2. The topological polar surface area (TPSA) is 106 Å². The van der Waals surface area contributed by atoms with Crippen molar-refractivity contribution < 1.29 is 13.9 Å². The minimum Gasteiger partial charge on any atom is -0.494 e. The molecule has 2 aromatic carbocycles. The molecule has 0 atom stereocenters. The predicted octanol–water partition coefficient (Wildman–Crippen LogP) is 4.42. The van der Waals surface area contributed by atoms with E-state index >= 15 is 0 Å². The van der Waals surface area contributed by atoms with Crippen molar-refractivity contribution >= 4 is 35.6 Å². The number of benzene rings is 2. The number of carbonyl (C=O) groups is 1. The van der Waals surface area contributed by atoms with Gasteiger partial charge in [0.15, 0.2) is 11.6 Å². The van der Waals surface area contributed by atoms with Crippen molar-refractivity contribution in [1.29, 1.82) is 0 Å². The Kier molecular flexibility index (Phi) is 6.12. The molecule has 1 aliphatic rings. The molecule has 0 aliphatic heterocycles. The molecule has 1 aromatic heterocycles.